The highest BCUT2D eigenvalue weighted by atomic mass is 35.5. The average molecular weight is 702 g/mol. The lowest BCUT2D eigenvalue weighted by molar-refractivity contribution is 0.415. The van der Waals surface area contributed by atoms with Crippen molar-refractivity contribution in [2.45, 2.75) is 74.0 Å². The van der Waals surface area contributed by atoms with Crippen LogP contribution in [0.2, 0.25) is 10.0 Å². The molecule has 47 heavy (non-hydrogen) atoms. The van der Waals surface area contributed by atoms with Gasteiger partial charge in [0, 0.05) is 17.3 Å². The molecule has 0 bridgehead atoms. The zero-order chi connectivity index (χ0) is 34.6. The van der Waals surface area contributed by atoms with Crippen LogP contribution in [0.5, 0.6) is 11.5 Å². The van der Waals surface area contributed by atoms with Crippen LogP contribution in [0.15, 0.2) is 82.6 Å². The Morgan fingerprint density at radius 2 is 1.04 bits per heavy atom. The molecule has 11 heteroatoms. The van der Waals surface area contributed by atoms with E-state index in [-0.39, 0.29) is 25.8 Å². The number of sulfone groups is 1. The summed E-state index contributed by atoms with van der Waals surface area (Å²) in [6.45, 7) is 2.26. The molecule has 0 spiro atoms. The fraction of sp³-hybridized carbons (Fsp3) is 0.333. The predicted octanol–water partition coefficient (Wildman–Crippen LogP) is 9.13. The SMILES string of the molecule is CCCCCCCCCC(c1ccc(N)c(OC)c1)c1ccc(N)c(OC)c1.Nc1ccc(S(=O)(=O)c2ccc(N)cc2Cl)c(Cl)c1. The van der Waals surface area contributed by atoms with E-state index < -0.39 is 9.84 Å². The van der Waals surface area contributed by atoms with Crippen LogP contribution in [0.4, 0.5) is 22.7 Å². The Morgan fingerprint density at radius 1 is 0.617 bits per heavy atom. The number of anilines is 4. The van der Waals surface area contributed by atoms with Gasteiger partial charge in [0.15, 0.2) is 0 Å². The quantitative estimate of drug-likeness (QED) is 0.0749. The second-order valence-electron chi connectivity index (χ2n) is 11.3. The molecule has 0 aliphatic carbocycles. The number of unbranched alkanes of at least 4 members (excludes halogenated alkanes) is 6. The number of hydrogen-bond acceptors (Lipinski definition) is 8. The Balaban J connectivity index is 0.000000274. The number of rotatable bonds is 14. The monoisotopic (exact) mass is 700 g/mol. The van der Waals surface area contributed by atoms with Crippen molar-refractivity contribution in [1.82, 2.24) is 0 Å². The van der Waals surface area contributed by atoms with E-state index in [1.165, 1.54) is 92.5 Å². The van der Waals surface area contributed by atoms with Gasteiger partial charge in [-0.25, -0.2) is 8.42 Å². The van der Waals surface area contributed by atoms with Crippen molar-refractivity contribution >= 4 is 55.8 Å². The van der Waals surface area contributed by atoms with E-state index in [0.717, 1.165) is 17.9 Å². The van der Waals surface area contributed by atoms with E-state index >= 15 is 0 Å². The molecule has 8 nitrogen and oxygen atoms in total. The van der Waals surface area contributed by atoms with Crippen LogP contribution in [-0.2, 0) is 9.84 Å². The van der Waals surface area contributed by atoms with Crippen LogP contribution in [0.3, 0.4) is 0 Å². The summed E-state index contributed by atoms with van der Waals surface area (Å²) in [4.78, 5) is -0.0925. The molecule has 0 aliphatic heterocycles. The summed E-state index contributed by atoms with van der Waals surface area (Å²) < 4.78 is 35.8. The van der Waals surface area contributed by atoms with Crippen molar-refractivity contribution in [2.24, 2.45) is 0 Å². The molecule has 4 aromatic carbocycles. The molecule has 0 heterocycles. The Kier molecular flexibility index (Phi) is 14.4. The number of nitrogens with two attached hydrogens (primary N) is 4. The van der Waals surface area contributed by atoms with Gasteiger partial charge in [-0.3, -0.25) is 0 Å². The molecule has 254 valence electrons. The standard InChI is InChI=1S/C24H36N2O2.C12H10Cl2N2O2S/c1-4-5-6-7-8-9-10-11-20(18-12-14-21(25)23(16-18)27-2)19-13-15-22(26)24(17-19)28-3;13-9-5-7(15)1-3-11(9)19(17,18)12-4-2-8(16)6-10(12)14/h12-17,20H,4-11,25-26H2,1-3H3;1-6H,15-16H2. The van der Waals surface area contributed by atoms with Gasteiger partial charge < -0.3 is 32.4 Å². The highest BCUT2D eigenvalue weighted by molar-refractivity contribution is 7.91. The van der Waals surface area contributed by atoms with Gasteiger partial charge in [0.1, 0.15) is 11.5 Å². The first kappa shape index (κ1) is 37.7. The van der Waals surface area contributed by atoms with Crippen LogP contribution in [-0.4, -0.2) is 22.6 Å². The molecule has 0 radical (unpaired) electrons. The number of ether oxygens (including phenoxy) is 2. The lowest BCUT2D eigenvalue weighted by atomic mass is 9.86. The van der Waals surface area contributed by atoms with Crippen molar-refractivity contribution < 1.29 is 17.9 Å². The predicted molar refractivity (Wildman–Crippen MR) is 196 cm³/mol. The molecular formula is C36H46Cl2N4O4S. The summed E-state index contributed by atoms with van der Waals surface area (Å²) in [5.74, 6) is 1.72. The van der Waals surface area contributed by atoms with Gasteiger partial charge in [-0.15, -0.1) is 0 Å². The molecule has 0 aromatic heterocycles. The number of methoxy groups -OCH3 is 2. The Morgan fingerprint density at radius 3 is 1.45 bits per heavy atom. The van der Waals surface area contributed by atoms with Crippen LogP contribution in [0.25, 0.3) is 0 Å². The summed E-state index contributed by atoms with van der Waals surface area (Å²) in [5, 5.41) is 0.0979. The lowest BCUT2D eigenvalue weighted by Gasteiger charge is -2.20. The molecule has 0 aliphatic rings. The third kappa shape index (κ3) is 10.3. The summed E-state index contributed by atoms with van der Waals surface area (Å²) in [7, 11) is -0.489. The molecule has 0 saturated carbocycles. The maximum Gasteiger partial charge on any atom is 0.209 e. The third-order valence-electron chi connectivity index (χ3n) is 7.91. The van der Waals surface area contributed by atoms with Crippen molar-refractivity contribution in [3.8, 4) is 11.5 Å². The van der Waals surface area contributed by atoms with Crippen LogP contribution in [0.1, 0.15) is 75.3 Å². The second kappa shape index (κ2) is 17.9. The minimum Gasteiger partial charge on any atom is -0.495 e. The van der Waals surface area contributed by atoms with E-state index in [0.29, 0.717) is 22.7 Å². The number of hydrogen-bond donors (Lipinski definition) is 4. The summed E-state index contributed by atoms with van der Waals surface area (Å²) in [5.41, 5.74) is 27.6. The van der Waals surface area contributed by atoms with Crippen molar-refractivity contribution in [3.63, 3.8) is 0 Å². The summed E-state index contributed by atoms with van der Waals surface area (Å²) in [6.07, 6.45) is 10.2. The number of nitrogen functional groups attached to an aromatic ring is 4. The van der Waals surface area contributed by atoms with Gasteiger partial charge >= 0.3 is 0 Å². The van der Waals surface area contributed by atoms with Gasteiger partial charge in [-0.2, -0.15) is 0 Å². The van der Waals surface area contributed by atoms with Gasteiger partial charge in [0.05, 0.1) is 45.4 Å². The fourth-order valence-electron chi connectivity index (χ4n) is 5.31. The third-order valence-corrected chi connectivity index (χ3v) is 10.6. The number of benzene rings is 4. The summed E-state index contributed by atoms with van der Waals surface area (Å²) >= 11 is 11.8. The minimum atomic E-state index is -3.81. The van der Waals surface area contributed by atoms with Crippen molar-refractivity contribution in [1.29, 1.82) is 0 Å². The Hall–Kier alpha value is -3.79. The van der Waals surface area contributed by atoms with Gasteiger partial charge in [-0.1, -0.05) is 87.2 Å². The normalized spacial score (nSPS) is 11.2. The molecule has 8 N–H and O–H groups in total. The van der Waals surface area contributed by atoms with Crippen LogP contribution < -0.4 is 32.4 Å². The van der Waals surface area contributed by atoms with E-state index in [4.69, 9.17) is 55.6 Å². The fourth-order valence-corrected chi connectivity index (χ4v) is 7.66. The second-order valence-corrected chi connectivity index (χ2v) is 14.0. The topological polar surface area (TPSA) is 157 Å². The smallest absolute Gasteiger partial charge is 0.209 e. The molecule has 0 saturated heterocycles. The largest absolute Gasteiger partial charge is 0.495 e. The molecule has 0 amide bonds. The first-order chi connectivity index (χ1) is 22.4. The highest BCUT2D eigenvalue weighted by Gasteiger charge is 2.24. The van der Waals surface area contributed by atoms with Gasteiger partial charge in [0.25, 0.3) is 0 Å². The molecule has 0 fully saturated rings. The molecule has 4 rings (SSSR count). The first-order valence-electron chi connectivity index (χ1n) is 15.6. The summed E-state index contributed by atoms with van der Waals surface area (Å²) in [6, 6.07) is 20.6. The van der Waals surface area contributed by atoms with E-state index in [9.17, 15) is 8.42 Å². The Bertz CT molecular complexity index is 1620. The van der Waals surface area contributed by atoms with E-state index in [1.54, 1.807) is 14.2 Å². The molecule has 0 unspecified atom stereocenters. The maximum absolute atomic E-state index is 12.4. The lowest BCUT2D eigenvalue weighted by Crippen LogP contribution is -2.04. The highest BCUT2D eigenvalue weighted by Crippen LogP contribution is 2.37. The van der Waals surface area contributed by atoms with Crippen LogP contribution >= 0.6 is 23.2 Å². The van der Waals surface area contributed by atoms with Crippen molar-refractivity contribution in [2.75, 3.05) is 37.2 Å². The van der Waals surface area contributed by atoms with Gasteiger partial charge in [0.2, 0.25) is 9.84 Å². The van der Waals surface area contributed by atoms with Gasteiger partial charge in [-0.05, 0) is 78.2 Å². The number of halogens is 2. The van der Waals surface area contributed by atoms with Crippen LogP contribution in [0, 0.1) is 0 Å². The Labute approximate surface area is 289 Å². The van der Waals surface area contributed by atoms with E-state index in [2.05, 4.69) is 31.2 Å². The molecule has 0 atom stereocenters. The maximum atomic E-state index is 12.4. The van der Waals surface area contributed by atoms with E-state index in [1.807, 2.05) is 12.1 Å². The average Bonchev–Trinajstić information content (AvgIpc) is 3.03. The molecule has 4 aromatic rings. The zero-order valence-corrected chi connectivity index (χ0v) is 29.6. The zero-order valence-electron chi connectivity index (χ0n) is 27.3. The first-order valence-corrected chi connectivity index (χ1v) is 17.9. The molecular weight excluding hydrogens is 655 g/mol. The van der Waals surface area contributed by atoms with Crippen molar-refractivity contribution in [3.05, 3.63) is 94.0 Å². The minimum absolute atomic E-state index is 0.0463.